The molecule has 0 saturated carbocycles. The highest BCUT2D eigenvalue weighted by atomic mass is 79.9. The molecule has 0 bridgehead atoms. The largest absolute Gasteiger partial charge is 0.187 e. The zero-order valence-electron chi connectivity index (χ0n) is 1.22. The zero-order chi connectivity index (χ0) is 0. The number of halogens is 3. The first-order valence-electron chi connectivity index (χ1n) is 0. The van der Waals surface area contributed by atoms with Crippen LogP contribution in [0, 0.1) is 0 Å². The van der Waals surface area contributed by atoms with E-state index < -0.39 is 0 Å². The van der Waals surface area contributed by atoms with E-state index in [1.807, 2.05) is 0 Å². The molecule has 0 atom stereocenters. The lowest BCUT2D eigenvalue weighted by molar-refractivity contribution is 5.75. The summed E-state index contributed by atoms with van der Waals surface area (Å²) in [5.41, 5.74) is 0. The third kappa shape index (κ3) is 9.22. The minimum Gasteiger partial charge on any atom is -0.147 e. The molecule has 0 nitrogen and oxygen atoms in total. The van der Waals surface area contributed by atoms with Crippen LogP contribution in [0.2, 0.25) is 0 Å². The Morgan fingerprint density at radius 1 is 0.750 bits per heavy atom. The minimum absolute atomic E-state index is 0. The van der Waals surface area contributed by atoms with Gasteiger partial charge in [0.05, 0.1) is 0 Å². The van der Waals surface area contributed by atoms with E-state index in [9.17, 15) is 0 Å². The third-order valence-electron chi connectivity index (χ3n) is 0. The van der Waals surface area contributed by atoms with E-state index in [-0.39, 0.29) is 63.7 Å². The summed E-state index contributed by atoms with van der Waals surface area (Å²) in [6, 6.07) is 0. The Morgan fingerprint density at radius 3 is 0.750 bits per heavy atom. The molecule has 4 heteroatoms. The molecule has 0 aliphatic heterocycles. The van der Waals surface area contributed by atoms with Gasteiger partial charge in [-0.15, -0.1) is 46.4 Å². The van der Waals surface area contributed by atoms with Gasteiger partial charge in [0, 0.05) is 0 Å². The maximum Gasteiger partial charge on any atom is 0.187 e. The van der Waals surface area contributed by atoms with Gasteiger partial charge in [0.2, 0.25) is 0 Å². The SMILES string of the molecule is Br.Br.Cl.[AlH3]. The Balaban J connectivity index is 0. The Hall–Kier alpha value is 1.78. The van der Waals surface area contributed by atoms with Crippen LogP contribution >= 0.6 is 46.4 Å². The second kappa shape index (κ2) is 21.5. The topological polar surface area (TPSA) is 0 Å². The van der Waals surface area contributed by atoms with Crippen LogP contribution in [-0.4, -0.2) is 17.4 Å². The maximum atomic E-state index is 0. The summed E-state index contributed by atoms with van der Waals surface area (Å²) in [5, 5.41) is 0. The molecule has 0 radical (unpaired) electrons. The number of hydrogen-bond acceptors (Lipinski definition) is 0. The van der Waals surface area contributed by atoms with E-state index in [0.717, 1.165) is 0 Å². The minimum atomic E-state index is 0. The predicted molar refractivity (Wildman–Crippen MR) is 37.8 cm³/mol. The second-order valence-corrected chi connectivity index (χ2v) is 0. The van der Waals surface area contributed by atoms with Crippen LogP contribution in [0.3, 0.4) is 0 Å². The van der Waals surface area contributed by atoms with Gasteiger partial charge in [-0.3, -0.25) is 0 Å². The van der Waals surface area contributed by atoms with Crippen molar-refractivity contribution < 1.29 is 0 Å². The van der Waals surface area contributed by atoms with E-state index in [0.29, 0.717) is 0 Å². The molecule has 0 aliphatic rings. The molecule has 0 rings (SSSR count). The van der Waals surface area contributed by atoms with Crippen molar-refractivity contribution in [2.24, 2.45) is 0 Å². The Bertz CT molecular complexity index is 6.00. The molecule has 0 fully saturated rings. The van der Waals surface area contributed by atoms with Gasteiger partial charge in [-0.2, -0.15) is 0 Å². The molecule has 30 valence electrons. The first-order valence-corrected chi connectivity index (χ1v) is 0. The van der Waals surface area contributed by atoms with Crippen LogP contribution in [0.5, 0.6) is 0 Å². The number of rotatable bonds is 0. The van der Waals surface area contributed by atoms with Gasteiger partial charge >= 0.3 is 0 Å². The molecule has 0 aromatic rings. The Kier molecular flexibility index (Phi) is 224. The zero-order valence-corrected chi connectivity index (χ0v) is 5.47. The van der Waals surface area contributed by atoms with Crippen LogP contribution in [0.1, 0.15) is 0 Å². The molecule has 0 saturated heterocycles. The lowest BCUT2D eigenvalue weighted by Gasteiger charge is -0.147. The molecule has 0 unspecified atom stereocenters. The fraction of sp³-hybridized carbons (Fsp3) is 0. The van der Waals surface area contributed by atoms with Gasteiger partial charge in [-0.25, -0.2) is 0 Å². The Labute approximate surface area is 63.4 Å². The Morgan fingerprint density at radius 2 is 0.750 bits per heavy atom. The van der Waals surface area contributed by atoms with E-state index in [1.165, 1.54) is 0 Å². The number of hydrogen-bond donors (Lipinski definition) is 0. The monoisotopic (exact) mass is 226 g/mol. The van der Waals surface area contributed by atoms with Crippen LogP contribution in [0.25, 0.3) is 0 Å². The molecule has 0 aliphatic carbocycles. The lowest BCUT2D eigenvalue weighted by atomic mass is 27.0. The first kappa shape index (κ1) is 41.6. The van der Waals surface area contributed by atoms with Crippen molar-refractivity contribution >= 4 is 63.7 Å². The van der Waals surface area contributed by atoms with Crippen LogP contribution < -0.4 is 0 Å². The van der Waals surface area contributed by atoms with Crippen molar-refractivity contribution in [1.29, 1.82) is 0 Å². The van der Waals surface area contributed by atoms with Gasteiger partial charge in [-0.1, -0.05) is 0 Å². The lowest BCUT2D eigenvalue weighted by Crippen LogP contribution is -0.381. The molecule has 4 heavy (non-hydrogen) atoms. The summed E-state index contributed by atoms with van der Waals surface area (Å²) in [5.74, 6) is 0. The molecule has 0 aromatic carbocycles. The smallest absolute Gasteiger partial charge is 0.147 e. The fourth-order valence-corrected chi connectivity index (χ4v) is 0. The van der Waals surface area contributed by atoms with E-state index >= 15 is 0 Å². The summed E-state index contributed by atoms with van der Waals surface area (Å²) >= 11 is 0. The highest BCUT2D eigenvalue weighted by Crippen LogP contribution is 0.847. The van der Waals surface area contributed by atoms with Crippen molar-refractivity contribution in [1.82, 2.24) is 0 Å². The molecule has 0 amide bonds. The molecular weight excluding hydrogens is 222 g/mol. The summed E-state index contributed by atoms with van der Waals surface area (Å²) in [7, 11) is 0. The van der Waals surface area contributed by atoms with Crippen LogP contribution in [0.15, 0.2) is 0 Å². The van der Waals surface area contributed by atoms with Crippen LogP contribution in [-0.2, 0) is 0 Å². The highest BCUT2D eigenvalue weighted by Gasteiger charge is 0.187. The predicted octanol–water partition coefficient (Wildman–Crippen LogP) is 0.394. The summed E-state index contributed by atoms with van der Waals surface area (Å²) in [4.78, 5) is 0. The summed E-state index contributed by atoms with van der Waals surface area (Å²) in [6.45, 7) is 0. The molecule has 0 N–H and O–H groups in total. The maximum absolute atomic E-state index is 0. The van der Waals surface area contributed by atoms with E-state index in [4.69, 9.17) is 0 Å². The van der Waals surface area contributed by atoms with Gasteiger partial charge in [0.25, 0.3) is 0 Å². The second-order valence-electron chi connectivity index (χ2n) is 0. The normalized spacial score (nSPS) is 0. The summed E-state index contributed by atoms with van der Waals surface area (Å²) < 4.78 is 0. The molecule has 0 aromatic heterocycles. The quantitative estimate of drug-likeness (QED) is 0.526. The van der Waals surface area contributed by atoms with Gasteiger partial charge in [0.1, 0.15) is 0 Å². The van der Waals surface area contributed by atoms with E-state index in [2.05, 4.69) is 0 Å². The molecule has 0 heterocycles. The standard InChI is InChI=1S/Al.2BrH.ClH.3H/h;3*1H;;;. The average molecular weight is 228 g/mol. The molecular formula is H6AlBr2Cl. The van der Waals surface area contributed by atoms with E-state index in [1.54, 1.807) is 0 Å². The average Bonchev–Trinajstić information content (AvgIpc) is 0. The fourth-order valence-electron chi connectivity index (χ4n) is 0. The van der Waals surface area contributed by atoms with Crippen molar-refractivity contribution in [2.75, 3.05) is 0 Å². The van der Waals surface area contributed by atoms with Crippen molar-refractivity contribution in [3.63, 3.8) is 0 Å². The van der Waals surface area contributed by atoms with Crippen molar-refractivity contribution in [3.05, 3.63) is 0 Å². The van der Waals surface area contributed by atoms with Crippen molar-refractivity contribution in [2.45, 2.75) is 0 Å². The van der Waals surface area contributed by atoms with Crippen molar-refractivity contribution in [3.8, 4) is 0 Å². The summed E-state index contributed by atoms with van der Waals surface area (Å²) in [6.07, 6.45) is 0. The first-order chi connectivity index (χ1) is 0. The van der Waals surface area contributed by atoms with Gasteiger partial charge in [-0.05, 0) is 0 Å². The highest BCUT2D eigenvalue weighted by molar-refractivity contribution is 8.93. The van der Waals surface area contributed by atoms with Gasteiger partial charge in [0.15, 0.2) is 17.4 Å². The van der Waals surface area contributed by atoms with Crippen LogP contribution in [0.4, 0.5) is 0 Å². The third-order valence-corrected chi connectivity index (χ3v) is 0. The molecule has 0 spiro atoms. The van der Waals surface area contributed by atoms with Gasteiger partial charge < -0.3 is 0 Å².